The molecule has 158 valence electrons. The number of carbonyl (C=O) groups excluding carboxylic acids is 2. The zero-order valence-electron chi connectivity index (χ0n) is 17.1. The number of hydrogen-bond acceptors (Lipinski definition) is 5. The van der Waals surface area contributed by atoms with E-state index in [1.54, 1.807) is 12.1 Å². The second-order valence-electron chi connectivity index (χ2n) is 7.38. The van der Waals surface area contributed by atoms with Gasteiger partial charge in [-0.3, -0.25) is 10.1 Å². The molecule has 31 heavy (non-hydrogen) atoms. The lowest BCUT2D eigenvalue weighted by molar-refractivity contribution is -0.140. The van der Waals surface area contributed by atoms with Crippen molar-refractivity contribution in [2.24, 2.45) is 0 Å². The molecule has 0 aliphatic heterocycles. The largest absolute Gasteiger partial charge is 0.506 e. The lowest BCUT2D eigenvalue weighted by atomic mass is 9.98. The number of aryl methyl sites for hydroxylation is 1. The van der Waals surface area contributed by atoms with Gasteiger partial charge < -0.3 is 14.6 Å². The number of ether oxygens (including phenoxy) is 2. The van der Waals surface area contributed by atoms with Crippen LogP contribution in [0.25, 0.3) is 11.1 Å². The van der Waals surface area contributed by atoms with Crippen LogP contribution in [0, 0.1) is 0 Å². The van der Waals surface area contributed by atoms with Crippen LogP contribution in [-0.4, -0.2) is 30.9 Å². The molecule has 0 fully saturated rings. The molecule has 0 atom stereocenters. The third-order valence-electron chi connectivity index (χ3n) is 5.49. The van der Waals surface area contributed by atoms with Crippen molar-refractivity contribution in [2.75, 3.05) is 19.0 Å². The number of fused-ring (bicyclic) bond motifs is 3. The first-order chi connectivity index (χ1) is 15.1. The Kier molecular flexibility index (Phi) is 5.89. The maximum atomic E-state index is 12.5. The molecule has 0 aromatic heterocycles. The highest BCUT2D eigenvalue weighted by Crippen LogP contribution is 2.44. The summed E-state index contributed by atoms with van der Waals surface area (Å²) in [7, 11) is 1.34. The van der Waals surface area contributed by atoms with Crippen LogP contribution < -0.4 is 5.32 Å². The molecule has 2 N–H and O–H groups in total. The molecular weight excluding hydrogens is 394 g/mol. The monoisotopic (exact) mass is 417 g/mol. The van der Waals surface area contributed by atoms with Crippen molar-refractivity contribution in [3.05, 3.63) is 83.4 Å². The van der Waals surface area contributed by atoms with Crippen LogP contribution in [0.5, 0.6) is 5.75 Å². The Hall–Kier alpha value is -3.80. The summed E-state index contributed by atoms with van der Waals surface area (Å²) in [4.78, 5) is 23.8. The fourth-order valence-electron chi connectivity index (χ4n) is 3.93. The Morgan fingerprint density at radius 2 is 1.61 bits per heavy atom. The maximum absolute atomic E-state index is 12.5. The minimum Gasteiger partial charge on any atom is -0.506 e. The highest BCUT2D eigenvalue weighted by molar-refractivity contribution is 5.87. The Bertz CT molecular complexity index is 1080. The summed E-state index contributed by atoms with van der Waals surface area (Å²) >= 11 is 0. The second-order valence-corrected chi connectivity index (χ2v) is 7.38. The molecule has 0 bridgehead atoms. The average Bonchev–Trinajstić information content (AvgIpc) is 3.11. The summed E-state index contributed by atoms with van der Waals surface area (Å²) in [5.41, 5.74) is 5.59. The molecule has 3 aromatic rings. The number of aromatic hydroxyl groups is 1. The lowest BCUT2D eigenvalue weighted by Gasteiger charge is -2.15. The van der Waals surface area contributed by atoms with E-state index in [-0.39, 0.29) is 36.4 Å². The topological polar surface area (TPSA) is 84.9 Å². The van der Waals surface area contributed by atoms with Crippen LogP contribution in [0.2, 0.25) is 0 Å². The van der Waals surface area contributed by atoms with Gasteiger partial charge in [0.25, 0.3) is 0 Å². The van der Waals surface area contributed by atoms with Crippen LogP contribution in [0.3, 0.4) is 0 Å². The highest BCUT2D eigenvalue weighted by Gasteiger charge is 2.29. The zero-order chi connectivity index (χ0) is 21.8. The Morgan fingerprint density at radius 3 is 2.26 bits per heavy atom. The van der Waals surface area contributed by atoms with Gasteiger partial charge in [-0.15, -0.1) is 0 Å². The van der Waals surface area contributed by atoms with E-state index < -0.39 is 6.09 Å². The molecular formula is C25H23NO5. The Morgan fingerprint density at radius 1 is 0.968 bits per heavy atom. The van der Waals surface area contributed by atoms with E-state index in [0.717, 1.165) is 27.8 Å². The van der Waals surface area contributed by atoms with Crippen LogP contribution in [-0.2, 0) is 20.7 Å². The summed E-state index contributed by atoms with van der Waals surface area (Å²) in [6, 6.07) is 21.0. The predicted octanol–water partition coefficient (Wildman–Crippen LogP) is 4.86. The van der Waals surface area contributed by atoms with Gasteiger partial charge in [-0.25, -0.2) is 4.79 Å². The average molecular weight is 417 g/mol. The first kappa shape index (κ1) is 20.5. The third kappa shape index (κ3) is 4.38. The molecule has 0 saturated heterocycles. The molecule has 6 heteroatoms. The molecule has 0 saturated carbocycles. The predicted molar refractivity (Wildman–Crippen MR) is 117 cm³/mol. The number of benzene rings is 3. The molecule has 0 unspecified atom stereocenters. The SMILES string of the molecule is COC(=O)CCc1ccc(O)c(NC(=O)OCC2c3ccccc3-c3ccccc32)c1. The van der Waals surface area contributed by atoms with Crippen LogP contribution in [0.1, 0.15) is 29.0 Å². The fourth-order valence-corrected chi connectivity index (χ4v) is 3.93. The summed E-state index contributed by atoms with van der Waals surface area (Å²) in [6.45, 7) is 0.183. The van der Waals surface area contributed by atoms with E-state index in [0.29, 0.717) is 6.42 Å². The smallest absolute Gasteiger partial charge is 0.411 e. The number of phenolic OH excluding ortho intramolecular Hbond substituents is 1. The number of carbonyl (C=O) groups is 2. The highest BCUT2D eigenvalue weighted by atomic mass is 16.5. The molecule has 4 rings (SSSR count). The minimum atomic E-state index is -0.651. The van der Waals surface area contributed by atoms with E-state index in [4.69, 9.17) is 4.74 Å². The number of esters is 1. The first-order valence-corrected chi connectivity index (χ1v) is 10.1. The summed E-state index contributed by atoms with van der Waals surface area (Å²) in [5, 5.41) is 12.7. The van der Waals surface area contributed by atoms with Gasteiger partial charge in [0.2, 0.25) is 0 Å². The molecule has 1 aliphatic carbocycles. The van der Waals surface area contributed by atoms with Crippen molar-refractivity contribution in [1.82, 2.24) is 0 Å². The molecule has 3 aromatic carbocycles. The van der Waals surface area contributed by atoms with Crippen LogP contribution in [0.15, 0.2) is 66.7 Å². The molecule has 1 aliphatic rings. The van der Waals surface area contributed by atoms with Crippen molar-refractivity contribution in [3.8, 4) is 16.9 Å². The third-order valence-corrected chi connectivity index (χ3v) is 5.49. The van der Waals surface area contributed by atoms with Gasteiger partial charge in [0.05, 0.1) is 12.8 Å². The van der Waals surface area contributed by atoms with E-state index >= 15 is 0 Å². The Balaban J connectivity index is 1.43. The van der Waals surface area contributed by atoms with E-state index in [1.807, 2.05) is 24.3 Å². The van der Waals surface area contributed by atoms with E-state index in [2.05, 4.69) is 34.3 Å². The van der Waals surface area contributed by atoms with E-state index in [9.17, 15) is 14.7 Å². The van der Waals surface area contributed by atoms with Gasteiger partial charge in [0.1, 0.15) is 12.4 Å². The van der Waals surface area contributed by atoms with Crippen molar-refractivity contribution >= 4 is 17.7 Å². The van der Waals surface area contributed by atoms with Crippen molar-refractivity contribution in [2.45, 2.75) is 18.8 Å². The molecule has 0 spiro atoms. The van der Waals surface area contributed by atoms with Crippen molar-refractivity contribution < 1.29 is 24.2 Å². The van der Waals surface area contributed by atoms with Gasteiger partial charge in [0, 0.05) is 12.3 Å². The van der Waals surface area contributed by atoms with Gasteiger partial charge in [0.15, 0.2) is 0 Å². The maximum Gasteiger partial charge on any atom is 0.411 e. The summed E-state index contributed by atoms with van der Waals surface area (Å²) in [6.07, 6.45) is 0.000110. The quantitative estimate of drug-likeness (QED) is 0.442. The zero-order valence-corrected chi connectivity index (χ0v) is 17.1. The van der Waals surface area contributed by atoms with Crippen molar-refractivity contribution in [3.63, 3.8) is 0 Å². The normalized spacial score (nSPS) is 12.0. The summed E-state index contributed by atoms with van der Waals surface area (Å²) < 4.78 is 10.2. The minimum absolute atomic E-state index is 0.0434. The van der Waals surface area contributed by atoms with Gasteiger partial charge in [-0.1, -0.05) is 54.6 Å². The first-order valence-electron chi connectivity index (χ1n) is 10.1. The Labute approximate surface area is 180 Å². The molecule has 1 amide bonds. The molecule has 6 nitrogen and oxygen atoms in total. The number of methoxy groups -OCH3 is 1. The lowest BCUT2D eigenvalue weighted by Crippen LogP contribution is -2.18. The number of phenols is 1. The van der Waals surface area contributed by atoms with Gasteiger partial charge in [-0.2, -0.15) is 0 Å². The second kappa shape index (κ2) is 8.92. The number of anilines is 1. The number of nitrogens with one attached hydrogen (secondary N) is 1. The molecule has 0 radical (unpaired) electrons. The standard InChI is InChI=1S/C25H23NO5/c1-30-24(28)13-11-16-10-12-23(27)22(14-16)26-25(29)31-15-21-19-8-4-2-6-17(19)18-7-3-5-9-20(18)21/h2-10,12,14,21,27H,11,13,15H2,1H3,(H,26,29). The number of amides is 1. The number of hydrogen-bond donors (Lipinski definition) is 2. The van der Waals surface area contributed by atoms with E-state index in [1.165, 1.54) is 13.2 Å². The van der Waals surface area contributed by atoms with Gasteiger partial charge in [-0.05, 0) is 46.4 Å². The number of rotatable bonds is 6. The fraction of sp³-hybridized carbons (Fsp3) is 0.200. The van der Waals surface area contributed by atoms with Crippen LogP contribution >= 0.6 is 0 Å². The summed E-state index contributed by atoms with van der Waals surface area (Å²) in [5.74, 6) is -0.437. The van der Waals surface area contributed by atoms with Crippen molar-refractivity contribution in [1.29, 1.82) is 0 Å². The van der Waals surface area contributed by atoms with Crippen LogP contribution in [0.4, 0.5) is 10.5 Å². The molecule has 0 heterocycles. The van der Waals surface area contributed by atoms with Gasteiger partial charge >= 0.3 is 12.1 Å².